The Morgan fingerprint density at radius 2 is 1.64 bits per heavy atom. The summed E-state index contributed by atoms with van der Waals surface area (Å²) in [5, 5.41) is 11.3. The molecular weight excluding hydrogens is 278 g/mol. The minimum Gasteiger partial charge on any atom is -0.360 e. The lowest BCUT2D eigenvalue weighted by Crippen LogP contribution is -2.17. The van der Waals surface area contributed by atoms with Gasteiger partial charge < -0.3 is 4.74 Å². The molecule has 1 fully saturated rings. The first-order valence-electron chi connectivity index (χ1n) is 7.21. The molecule has 1 saturated heterocycles. The number of hydrogen-bond donors (Lipinski definition) is 0. The molecule has 4 heteroatoms. The minimum absolute atomic E-state index is 0.0573. The van der Waals surface area contributed by atoms with Crippen molar-refractivity contribution in [3.63, 3.8) is 0 Å². The van der Waals surface area contributed by atoms with Gasteiger partial charge in [-0.15, -0.1) is 0 Å². The van der Waals surface area contributed by atoms with Crippen LogP contribution in [0.25, 0.3) is 16.7 Å². The van der Waals surface area contributed by atoms with Crippen LogP contribution in [-0.4, -0.2) is 17.1 Å². The van der Waals surface area contributed by atoms with Crippen molar-refractivity contribution in [3.05, 3.63) is 81.4 Å². The van der Waals surface area contributed by atoms with E-state index in [-0.39, 0.29) is 22.8 Å². The summed E-state index contributed by atoms with van der Waals surface area (Å²) in [5.74, 6) is 0. The molecule has 1 aliphatic heterocycles. The third-order valence-electron chi connectivity index (χ3n) is 4.56. The summed E-state index contributed by atoms with van der Waals surface area (Å²) >= 11 is 0. The van der Waals surface area contributed by atoms with E-state index in [0.29, 0.717) is 5.56 Å². The molecule has 1 heterocycles. The number of hydrogen-bond acceptors (Lipinski definition) is 3. The Labute approximate surface area is 126 Å². The fourth-order valence-electron chi connectivity index (χ4n) is 3.55. The van der Waals surface area contributed by atoms with Crippen LogP contribution in [0.5, 0.6) is 0 Å². The highest BCUT2D eigenvalue weighted by Gasteiger charge is 2.50. The van der Waals surface area contributed by atoms with E-state index in [4.69, 9.17) is 4.74 Å². The van der Waals surface area contributed by atoms with E-state index in [1.165, 1.54) is 11.1 Å². The number of nitrogens with zero attached hydrogens (tertiary/aromatic N) is 1. The van der Waals surface area contributed by atoms with Crippen LogP contribution in [0.15, 0.2) is 54.6 Å². The normalized spacial score (nSPS) is 23.7. The summed E-state index contributed by atoms with van der Waals surface area (Å²) in [6, 6.07) is 15.1. The smallest absolute Gasteiger partial charge is 0.277 e. The third kappa shape index (κ3) is 1.40. The van der Waals surface area contributed by atoms with Gasteiger partial charge >= 0.3 is 0 Å². The molecule has 2 atom stereocenters. The lowest BCUT2D eigenvalue weighted by atomic mass is 9.71. The summed E-state index contributed by atoms with van der Waals surface area (Å²) in [6.07, 6.45) is 2.22. The Hall–Kier alpha value is -2.72. The Kier molecular flexibility index (Phi) is 2.12. The molecule has 0 bridgehead atoms. The Morgan fingerprint density at radius 3 is 2.41 bits per heavy atom. The number of ether oxygens (including phenoxy) is 1. The molecule has 0 amide bonds. The second kappa shape index (κ2) is 3.93. The summed E-state index contributed by atoms with van der Waals surface area (Å²) in [6.45, 7) is 0. The highest BCUT2D eigenvalue weighted by atomic mass is 16.6. The molecule has 0 N–H and O–H groups in total. The van der Waals surface area contributed by atoms with E-state index in [1.807, 2.05) is 30.3 Å². The second-order valence-corrected chi connectivity index (χ2v) is 5.71. The summed E-state index contributed by atoms with van der Waals surface area (Å²) in [4.78, 5) is 11.0. The van der Waals surface area contributed by atoms with Crippen LogP contribution in [0.1, 0.15) is 16.7 Å². The monoisotopic (exact) mass is 289 g/mol. The van der Waals surface area contributed by atoms with Gasteiger partial charge in [-0.3, -0.25) is 10.1 Å². The van der Waals surface area contributed by atoms with Gasteiger partial charge in [-0.1, -0.05) is 36.4 Å². The standard InChI is InChI=1S/C18H11NO3/c20-19(21)14-8-4-3-5-10(14)13-9-15-18(22-15)17-12-7-2-1-6-11(12)16(13)17/h1-9,15,18H. The molecule has 2 unspecified atom stereocenters. The van der Waals surface area contributed by atoms with Gasteiger partial charge in [0.05, 0.1) is 10.5 Å². The van der Waals surface area contributed by atoms with Crippen LogP contribution in [0, 0.1) is 10.1 Å². The maximum absolute atomic E-state index is 11.3. The van der Waals surface area contributed by atoms with Crippen molar-refractivity contribution in [1.82, 2.24) is 0 Å². The average molecular weight is 289 g/mol. The Bertz CT molecular complexity index is 910. The van der Waals surface area contributed by atoms with Crippen LogP contribution in [-0.2, 0) is 4.74 Å². The predicted octanol–water partition coefficient (Wildman–Crippen LogP) is 3.68. The zero-order valence-electron chi connectivity index (χ0n) is 11.5. The maximum atomic E-state index is 11.3. The molecule has 0 spiro atoms. The molecule has 22 heavy (non-hydrogen) atoms. The molecule has 0 radical (unpaired) electrons. The number of epoxide rings is 1. The Balaban J connectivity index is 1.73. The molecule has 2 aromatic carbocycles. The molecule has 2 aromatic rings. The van der Waals surface area contributed by atoms with Gasteiger partial charge in [-0.2, -0.15) is 0 Å². The SMILES string of the molecule is O=[N+]([O-])c1ccccc1C1=CC2OC2C2=C1c1ccccc12. The highest BCUT2D eigenvalue weighted by molar-refractivity contribution is 6.25. The molecule has 0 aromatic heterocycles. The van der Waals surface area contributed by atoms with E-state index in [2.05, 4.69) is 12.1 Å². The van der Waals surface area contributed by atoms with Crippen molar-refractivity contribution >= 4 is 22.4 Å². The molecular formula is C18H11NO3. The lowest BCUT2D eigenvalue weighted by Gasteiger charge is -2.31. The zero-order chi connectivity index (χ0) is 14.8. The molecule has 4 nitrogen and oxygen atoms in total. The number of benzene rings is 2. The molecule has 2 aliphatic carbocycles. The van der Waals surface area contributed by atoms with Crippen LogP contribution < -0.4 is 0 Å². The molecule has 0 saturated carbocycles. The van der Waals surface area contributed by atoms with Crippen molar-refractivity contribution < 1.29 is 9.66 Å². The fraction of sp³-hybridized carbons (Fsp3) is 0.111. The van der Waals surface area contributed by atoms with Gasteiger partial charge in [0.25, 0.3) is 5.69 Å². The minimum atomic E-state index is -0.319. The van der Waals surface area contributed by atoms with Crippen molar-refractivity contribution in [3.8, 4) is 0 Å². The van der Waals surface area contributed by atoms with Crippen molar-refractivity contribution in [2.75, 3.05) is 0 Å². The number of nitro groups is 1. The van der Waals surface area contributed by atoms with Gasteiger partial charge in [0.2, 0.25) is 0 Å². The number of para-hydroxylation sites is 1. The quantitative estimate of drug-likeness (QED) is 0.481. The van der Waals surface area contributed by atoms with E-state index >= 15 is 0 Å². The number of nitro benzene ring substituents is 1. The predicted molar refractivity (Wildman–Crippen MR) is 83.0 cm³/mol. The van der Waals surface area contributed by atoms with E-state index in [1.54, 1.807) is 12.1 Å². The largest absolute Gasteiger partial charge is 0.360 e. The molecule has 5 rings (SSSR count). The Morgan fingerprint density at radius 1 is 0.955 bits per heavy atom. The maximum Gasteiger partial charge on any atom is 0.277 e. The summed E-state index contributed by atoms with van der Waals surface area (Å²) < 4.78 is 5.72. The lowest BCUT2D eigenvalue weighted by molar-refractivity contribution is -0.385. The first-order chi connectivity index (χ1) is 10.8. The first kappa shape index (κ1) is 11.9. The zero-order valence-corrected chi connectivity index (χ0v) is 11.5. The summed E-state index contributed by atoms with van der Waals surface area (Å²) in [7, 11) is 0. The second-order valence-electron chi connectivity index (χ2n) is 5.71. The fourth-order valence-corrected chi connectivity index (χ4v) is 3.55. The van der Waals surface area contributed by atoms with E-state index < -0.39 is 0 Å². The van der Waals surface area contributed by atoms with Crippen LogP contribution in [0.2, 0.25) is 0 Å². The van der Waals surface area contributed by atoms with Gasteiger partial charge in [0.1, 0.15) is 12.2 Å². The molecule has 106 valence electrons. The van der Waals surface area contributed by atoms with Gasteiger partial charge in [-0.05, 0) is 34.4 Å². The van der Waals surface area contributed by atoms with Crippen LogP contribution in [0.3, 0.4) is 0 Å². The van der Waals surface area contributed by atoms with E-state index in [9.17, 15) is 10.1 Å². The molecule has 3 aliphatic rings. The average Bonchev–Trinajstić information content (AvgIpc) is 3.28. The topological polar surface area (TPSA) is 55.7 Å². The first-order valence-corrected chi connectivity index (χ1v) is 7.21. The van der Waals surface area contributed by atoms with Crippen molar-refractivity contribution in [2.45, 2.75) is 12.2 Å². The number of fused-ring (bicyclic) bond motifs is 5. The number of rotatable bonds is 2. The van der Waals surface area contributed by atoms with Gasteiger partial charge in [0.15, 0.2) is 0 Å². The third-order valence-corrected chi connectivity index (χ3v) is 4.56. The van der Waals surface area contributed by atoms with Crippen LogP contribution in [0.4, 0.5) is 5.69 Å². The van der Waals surface area contributed by atoms with Gasteiger partial charge in [-0.25, -0.2) is 0 Å². The van der Waals surface area contributed by atoms with Crippen LogP contribution >= 0.6 is 0 Å². The van der Waals surface area contributed by atoms with Crippen molar-refractivity contribution in [1.29, 1.82) is 0 Å². The summed E-state index contributed by atoms with van der Waals surface area (Å²) in [5.41, 5.74) is 6.44. The van der Waals surface area contributed by atoms with E-state index in [0.717, 1.165) is 16.7 Å². The van der Waals surface area contributed by atoms with Gasteiger partial charge in [0, 0.05) is 11.6 Å². The van der Waals surface area contributed by atoms with Crippen molar-refractivity contribution in [2.24, 2.45) is 0 Å². The number of allylic oxidation sites excluding steroid dienone is 2. The highest BCUT2D eigenvalue weighted by Crippen LogP contribution is 2.58.